The van der Waals surface area contributed by atoms with E-state index in [1.54, 1.807) is 0 Å². The smallest absolute Gasteiger partial charge is 0.302 e. The summed E-state index contributed by atoms with van der Waals surface area (Å²) in [4.78, 5) is 28.8. The Morgan fingerprint density at radius 3 is 1.54 bits per heavy atom. The van der Waals surface area contributed by atoms with Crippen LogP contribution in [0.3, 0.4) is 0 Å². The van der Waals surface area contributed by atoms with Gasteiger partial charge in [0.15, 0.2) is 0 Å². The molecule has 4 N–H and O–H groups in total. The van der Waals surface area contributed by atoms with Gasteiger partial charge in [-0.1, -0.05) is 45.4 Å². The fourth-order valence-corrected chi connectivity index (χ4v) is 1.91. The van der Waals surface area contributed by atoms with Crippen molar-refractivity contribution >= 4 is 17.9 Å². The molecule has 0 unspecified atom stereocenters. The van der Waals surface area contributed by atoms with Crippen molar-refractivity contribution in [3.8, 4) is 0 Å². The van der Waals surface area contributed by atoms with Crippen molar-refractivity contribution in [1.29, 1.82) is 0 Å². The van der Waals surface area contributed by atoms with E-state index in [1.165, 1.54) is 32.6 Å². The predicted molar refractivity (Wildman–Crippen MR) is 97.9 cm³/mol. The number of hydrogen-bond donors (Lipinski definition) is 4. The average Bonchev–Trinajstić information content (AvgIpc) is 2.53. The number of rotatable bonds is 11. The summed E-state index contributed by atoms with van der Waals surface area (Å²) < 4.78 is 4.93. The molecule has 0 aromatic carbocycles. The van der Waals surface area contributed by atoms with Gasteiger partial charge in [-0.05, 0) is 6.42 Å². The van der Waals surface area contributed by atoms with Crippen LogP contribution in [0.25, 0.3) is 0 Å². The molecule has 0 fully saturated rings. The molecule has 0 saturated carbocycles. The summed E-state index contributed by atoms with van der Waals surface area (Å²) in [7, 11) is 0. The van der Waals surface area contributed by atoms with Gasteiger partial charge in [-0.25, -0.2) is 0 Å². The second-order valence-electron chi connectivity index (χ2n) is 6.15. The molecule has 0 heterocycles. The highest BCUT2D eigenvalue weighted by Crippen LogP contribution is 2.25. The number of carbonyl (C=O) groups is 3. The molecule has 0 aromatic heterocycles. The van der Waals surface area contributed by atoms with Gasteiger partial charge in [0.2, 0.25) is 0 Å². The van der Waals surface area contributed by atoms with Crippen molar-refractivity contribution in [2.75, 3.05) is 19.8 Å². The molecule has 0 aliphatic heterocycles. The molecule has 156 valence electrons. The summed E-state index contributed by atoms with van der Waals surface area (Å²) in [6, 6.07) is 0. The van der Waals surface area contributed by atoms with Crippen LogP contribution in [-0.2, 0) is 19.1 Å². The predicted octanol–water partition coefficient (Wildman–Crippen LogP) is 2.45. The van der Waals surface area contributed by atoms with Crippen molar-refractivity contribution in [2.45, 2.75) is 72.6 Å². The molecule has 0 radical (unpaired) electrons. The minimum atomic E-state index is -0.833. The highest BCUT2D eigenvalue weighted by atomic mass is 16.5. The van der Waals surface area contributed by atoms with Crippen molar-refractivity contribution < 1.29 is 39.5 Å². The second-order valence-corrected chi connectivity index (χ2v) is 6.15. The minimum Gasteiger partial charge on any atom is -0.481 e. The normalized spacial score (nSPS) is 9.92. The van der Waals surface area contributed by atoms with Crippen molar-refractivity contribution in [3.05, 3.63) is 0 Å². The van der Waals surface area contributed by atoms with Gasteiger partial charge in [0.05, 0.1) is 18.6 Å². The maximum absolute atomic E-state index is 10.8. The largest absolute Gasteiger partial charge is 0.481 e. The van der Waals surface area contributed by atoms with Gasteiger partial charge >= 0.3 is 5.97 Å². The van der Waals surface area contributed by atoms with E-state index in [1.807, 2.05) is 0 Å². The first kappa shape index (κ1) is 29.1. The number of unbranched alkanes of at least 4 members (excludes halogenated alkanes) is 5. The average molecular weight is 380 g/mol. The first-order chi connectivity index (χ1) is 12.1. The second kappa shape index (κ2) is 19.7. The first-order valence-electron chi connectivity index (χ1n) is 8.81. The Hall–Kier alpha value is -1.67. The van der Waals surface area contributed by atoms with E-state index < -0.39 is 17.4 Å². The Labute approximate surface area is 156 Å². The number of aliphatic hydroxyl groups excluding tert-OH is 2. The van der Waals surface area contributed by atoms with Crippen LogP contribution < -0.4 is 0 Å². The summed E-state index contributed by atoms with van der Waals surface area (Å²) in [6.07, 6.45) is 7.66. The zero-order chi connectivity index (χ0) is 21.0. The van der Waals surface area contributed by atoms with E-state index >= 15 is 0 Å². The van der Waals surface area contributed by atoms with Crippen LogP contribution in [0.15, 0.2) is 0 Å². The van der Waals surface area contributed by atoms with E-state index in [9.17, 15) is 15.0 Å². The summed E-state index contributed by atoms with van der Waals surface area (Å²) in [5, 5.41) is 33.6. The Bertz CT molecular complexity index is 344. The maximum Gasteiger partial charge on any atom is 0.302 e. The molecule has 0 rings (SSSR count). The van der Waals surface area contributed by atoms with E-state index in [0.29, 0.717) is 6.42 Å². The number of esters is 1. The van der Waals surface area contributed by atoms with Crippen LogP contribution >= 0.6 is 0 Å². The minimum absolute atomic E-state index is 0.101. The topological polar surface area (TPSA) is 141 Å². The van der Waals surface area contributed by atoms with Crippen molar-refractivity contribution in [2.24, 2.45) is 5.41 Å². The number of ether oxygens (including phenoxy) is 1. The fraction of sp³-hybridized carbons (Fsp3) is 0.833. The molecule has 8 nitrogen and oxygen atoms in total. The van der Waals surface area contributed by atoms with Gasteiger partial charge in [0, 0.05) is 20.8 Å². The maximum atomic E-state index is 10.8. The van der Waals surface area contributed by atoms with Crippen LogP contribution in [-0.4, -0.2) is 58.2 Å². The number of carbonyl (C=O) groups excluding carboxylic acids is 1. The van der Waals surface area contributed by atoms with Crippen LogP contribution in [0, 0.1) is 5.41 Å². The first-order valence-corrected chi connectivity index (χ1v) is 8.81. The molecule has 0 atom stereocenters. The summed E-state index contributed by atoms with van der Waals surface area (Å²) in [6.45, 7) is 5.49. The molecular weight excluding hydrogens is 344 g/mol. The van der Waals surface area contributed by atoms with Crippen molar-refractivity contribution in [3.63, 3.8) is 0 Å². The van der Waals surface area contributed by atoms with Gasteiger partial charge in [-0.2, -0.15) is 0 Å². The molecule has 0 aliphatic rings. The highest BCUT2D eigenvalue weighted by Gasteiger charge is 2.29. The Balaban J connectivity index is -0.000000551. The van der Waals surface area contributed by atoms with Gasteiger partial charge in [0.25, 0.3) is 11.9 Å². The lowest BCUT2D eigenvalue weighted by atomic mass is 9.85. The van der Waals surface area contributed by atoms with Gasteiger partial charge < -0.3 is 25.2 Å². The molecule has 0 spiro atoms. The lowest BCUT2D eigenvalue weighted by Gasteiger charge is -2.28. The van der Waals surface area contributed by atoms with E-state index in [-0.39, 0.29) is 25.8 Å². The molecular formula is C18H36O8. The number of carboxylic acid groups (broad SMARTS) is 2. The Kier molecular flexibility index (Phi) is 22.0. The third kappa shape index (κ3) is 27.2. The molecule has 0 bridgehead atoms. The SMILES string of the molecule is CC(=O)O.CC(=O)O.CCCCCCCCC(CO)(CO)COC(C)=O. The third-order valence-electron chi connectivity index (χ3n) is 3.31. The quantitative estimate of drug-likeness (QED) is 0.316. The number of carboxylic acids is 2. The highest BCUT2D eigenvalue weighted by molar-refractivity contribution is 5.65. The fourth-order valence-electron chi connectivity index (χ4n) is 1.91. The molecule has 26 heavy (non-hydrogen) atoms. The zero-order valence-corrected chi connectivity index (χ0v) is 16.5. The lowest BCUT2D eigenvalue weighted by Crippen LogP contribution is -2.35. The standard InChI is InChI=1S/C14H28O4.2C2H4O2/c1-3-4-5-6-7-8-9-14(10-15,11-16)12-18-13(2)17;2*1-2(3)4/h15-16H,3-12H2,1-2H3;2*1H3,(H,3,4). The van der Waals surface area contributed by atoms with Crippen LogP contribution in [0.1, 0.15) is 72.6 Å². The monoisotopic (exact) mass is 380 g/mol. The number of aliphatic hydroxyl groups is 2. The molecule has 8 heteroatoms. The molecule has 0 amide bonds. The van der Waals surface area contributed by atoms with Gasteiger partial charge in [-0.15, -0.1) is 0 Å². The zero-order valence-electron chi connectivity index (χ0n) is 16.5. The summed E-state index contributed by atoms with van der Waals surface area (Å²) >= 11 is 0. The molecule has 0 aromatic rings. The van der Waals surface area contributed by atoms with Crippen LogP contribution in [0.2, 0.25) is 0 Å². The van der Waals surface area contributed by atoms with Gasteiger partial charge in [-0.3, -0.25) is 14.4 Å². The molecule has 0 aliphatic carbocycles. The van der Waals surface area contributed by atoms with E-state index in [4.69, 9.17) is 24.5 Å². The van der Waals surface area contributed by atoms with Crippen molar-refractivity contribution in [1.82, 2.24) is 0 Å². The lowest BCUT2D eigenvalue weighted by molar-refractivity contribution is -0.147. The number of hydrogen-bond acceptors (Lipinski definition) is 6. The Morgan fingerprint density at radius 2 is 1.19 bits per heavy atom. The summed E-state index contributed by atoms with van der Waals surface area (Å²) in [5.41, 5.74) is -0.670. The van der Waals surface area contributed by atoms with Crippen LogP contribution in [0.5, 0.6) is 0 Å². The van der Waals surface area contributed by atoms with Crippen LogP contribution in [0.4, 0.5) is 0 Å². The number of aliphatic carboxylic acids is 2. The van der Waals surface area contributed by atoms with Gasteiger partial charge in [0.1, 0.15) is 6.61 Å². The molecule has 0 saturated heterocycles. The Morgan fingerprint density at radius 1 is 0.808 bits per heavy atom. The van der Waals surface area contributed by atoms with E-state index in [0.717, 1.165) is 26.7 Å². The third-order valence-corrected chi connectivity index (χ3v) is 3.31. The summed E-state index contributed by atoms with van der Waals surface area (Å²) in [5.74, 6) is -2.04. The van der Waals surface area contributed by atoms with E-state index in [2.05, 4.69) is 6.92 Å².